The van der Waals surface area contributed by atoms with Gasteiger partial charge in [0.25, 0.3) is 5.91 Å². The number of hydrogen-bond acceptors (Lipinski definition) is 3. The Hall–Kier alpha value is -0.910. The predicted molar refractivity (Wildman–Crippen MR) is 80.5 cm³/mol. The lowest BCUT2D eigenvalue weighted by atomic mass is 10.1. The third-order valence-electron chi connectivity index (χ3n) is 3.34. The van der Waals surface area contributed by atoms with Crippen LogP contribution >= 0.6 is 15.9 Å². The lowest BCUT2D eigenvalue weighted by molar-refractivity contribution is 0.0947. The summed E-state index contributed by atoms with van der Waals surface area (Å²) in [6.45, 7) is 7.82. The molecule has 1 aliphatic heterocycles. The van der Waals surface area contributed by atoms with E-state index in [4.69, 9.17) is 0 Å². The molecular formula is C14H20BrN3O. The van der Waals surface area contributed by atoms with Crippen molar-refractivity contribution in [2.75, 3.05) is 39.3 Å². The summed E-state index contributed by atoms with van der Waals surface area (Å²) < 4.78 is 1.03. The molecule has 1 aromatic rings. The minimum absolute atomic E-state index is 0.00531. The van der Waals surface area contributed by atoms with Gasteiger partial charge in [-0.05, 0) is 30.7 Å². The Bertz CT molecular complexity index is 444. The van der Waals surface area contributed by atoms with E-state index in [0.29, 0.717) is 6.54 Å². The number of aryl methyl sites for hydroxylation is 1. The van der Waals surface area contributed by atoms with E-state index in [-0.39, 0.29) is 5.91 Å². The van der Waals surface area contributed by atoms with Crippen molar-refractivity contribution in [1.82, 2.24) is 15.5 Å². The minimum atomic E-state index is 0.00531. The fourth-order valence-electron chi connectivity index (χ4n) is 2.15. The van der Waals surface area contributed by atoms with Gasteiger partial charge in [0.05, 0.1) is 0 Å². The van der Waals surface area contributed by atoms with Gasteiger partial charge in [-0.25, -0.2) is 0 Å². The van der Waals surface area contributed by atoms with Crippen molar-refractivity contribution < 1.29 is 4.79 Å². The summed E-state index contributed by atoms with van der Waals surface area (Å²) >= 11 is 3.44. The molecule has 19 heavy (non-hydrogen) atoms. The third-order valence-corrected chi connectivity index (χ3v) is 4.23. The van der Waals surface area contributed by atoms with E-state index in [0.717, 1.165) is 48.3 Å². The van der Waals surface area contributed by atoms with Gasteiger partial charge in [0.1, 0.15) is 0 Å². The Labute approximate surface area is 122 Å². The van der Waals surface area contributed by atoms with Crippen LogP contribution in [-0.2, 0) is 0 Å². The number of nitrogens with one attached hydrogen (secondary N) is 2. The SMILES string of the molecule is Cc1cc(C(=O)NCCN2CCNCC2)ccc1Br. The monoisotopic (exact) mass is 325 g/mol. The van der Waals surface area contributed by atoms with Crippen molar-refractivity contribution in [1.29, 1.82) is 0 Å². The molecule has 1 aliphatic rings. The average Bonchev–Trinajstić information content (AvgIpc) is 2.43. The normalized spacial score (nSPS) is 16.3. The quantitative estimate of drug-likeness (QED) is 0.879. The van der Waals surface area contributed by atoms with Crippen molar-refractivity contribution in [2.45, 2.75) is 6.92 Å². The van der Waals surface area contributed by atoms with Gasteiger partial charge in [-0.2, -0.15) is 0 Å². The zero-order chi connectivity index (χ0) is 13.7. The van der Waals surface area contributed by atoms with Crippen LogP contribution in [-0.4, -0.2) is 50.1 Å². The van der Waals surface area contributed by atoms with E-state index in [1.807, 2.05) is 25.1 Å². The summed E-state index contributed by atoms with van der Waals surface area (Å²) in [5, 5.41) is 6.29. The maximum atomic E-state index is 12.0. The number of carbonyl (C=O) groups is 1. The highest BCUT2D eigenvalue weighted by Gasteiger charge is 2.10. The molecule has 104 valence electrons. The average molecular weight is 326 g/mol. The fraction of sp³-hybridized carbons (Fsp3) is 0.500. The molecule has 0 aromatic heterocycles. The van der Waals surface area contributed by atoms with E-state index in [9.17, 15) is 4.79 Å². The molecule has 1 aromatic carbocycles. The van der Waals surface area contributed by atoms with E-state index < -0.39 is 0 Å². The van der Waals surface area contributed by atoms with Crippen LogP contribution in [0.15, 0.2) is 22.7 Å². The van der Waals surface area contributed by atoms with Gasteiger partial charge in [-0.3, -0.25) is 9.69 Å². The highest BCUT2D eigenvalue weighted by Crippen LogP contribution is 2.16. The zero-order valence-electron chi connectivity index (χ0n) is 11.2. The molecule has 1 heterocycles. The Morgan fingerprint density at radius 2 is 2.16 bits per heavy atom. The molecule has 0 spiro atoms. The largest absolute Gasteiger partial charge is 0.351 e. The summed E-state index contributed by atoms with van der Waals surface area (Å²) in [5.41, 5.74) is 1.80. The van der Waals surface area contributed by atoms with Gasteiger partial charge in [0.15, 0.2) is 0 Å². The van der Waals surface area contributed by atoms with E-state index in [1.54, 1.807) is 0 Å². The fourth-order valence-corrected chi connectivity index (χ4v) is 2.40. The molecule has 1 fully saturated rings. The van der Waals surface area contributed by atoms with E-state index in [1.165, 1.54) is 0 Å². The summed E-state index contributed by atoms with van der Waals surface area (Å²) in [7, 11) is 0. The molecule has 0 atom stereocenters. The number of halogens is 1. The van der Waals surface area contributed by atoms with E-state index in [2.05, 4.69) is 31.5 Å². The topological polar surface area (TPSA) is 44.4 Å². The molecule has 0 aliphatic carbocycles. The van der Waals surface area contributed by atoms with Gasteiger partial charge in [0, 0.05) is 49.3 Å². The molecule has 4 nitrogen and oxygen atoms in total. The smallest absolute Gasteiger partial charge is 0.251 e. The van der Waals surface area contributed by atoms with Crippen molar-refractivity contribution in [3.63, 3.8) is 0 Å². The number of benzene rings is 1. The van der Waals surface area contributed by atoms with Gasteiger partial charge in [-0.1, -0.05) is 15.9 Å². The number of piperazine rings is 1. The Morgan fingerprint density at radius 1 is 1.42 bits per heavy atom. The molecule has 0 unspecified atom stereocenters. The van der Waals surface area contributed by atoms with Gasteiger partial charge in [-0.15, -0.1) is 0 Å². The third kappa shape index (κ3) is 4.30. The van der Waals surface area contributed by atoms with Crippen molar-refractivity contribution >= 4 is 21.8 Å². The lowest BCUT2D eigenvalue weighted by Crippen LogP contribution is -2.46. The molecule has 5 heteroatoms. The van der Waals surface area contributed by atoms with Crippen molar-refractivity contribution in [3.8, 4) is 0 Å². The van der Waals surface area contributed by atoms with Crippen LogP contribution in [0.2, 0.25) is 0 Å². The van der Waals surface area contributed by atoms with Crippen molar-refractivity contribution in [3.05, 3.63) is 33.8 Å². The van der Waals surface area contributed by atoms with Gasteiger partial charge >= 0.3 is 0 Å². The molecule has 2 N–H and O–H groups in total. The second kappa shape index (κ2) is 7.03. The molecule has 2 rings (SSSR count). The number of carbonyl (C=O) groups excluding carboxylic acids is 1. The van der Waals surface area contributed by atoms with Crippen LogP contribution in [0.25, 0.3) is 0 Å². The van der Waals surface area contributed by atoms with E-state index >= 15 is 0 Å². The standard InChI is InChI=1S/C14H20BrN3O/c1-11-10-12(2-3-13(11)15)14(19)17-6-9-18-7-4-16-5-8-18/h2-3,10,16H,4-9H2,1H3,(H,17,19). The second-order valence-electron chi connectivity index (χ2n) is 4.81. The molecule has 0 saturated carbocycles. The highest BCUT2D eigenvalue weighted by molar-refractivity contribution is 9.10. The summed E-state index contributed by atoms with van der Waals surface area (Å²) in [4.78, 5) is 14.4. The molecule has 0 radical (unpaired) electrons. The van der Waals surface area contributed by atoms with Crippen LogP contribution in [0, 0.1) is 6.92 Å². The molecule has 1 amide bonds. The first-order valence-corrected chi connectivity index (χ1v) is 7.43. The first-order valence-electron chi connectivity index (χ1n) is 6.64. The Balaban J connectivity index is 1.78. The minimum Gasteiger partial charge on any atom is -0.351 e. The van der Waals surface area contributed by atoms with Crippen LogP contribution in [0.3, 0.4) is 0 Å². The summed E-state index contributed by atoms with van der Waals surface area (Å²) in [6.07, 6.45) is 0. The molecule has 1 saturated heterocycles. The van der Waals surface area contributed by atoms with Crippen LogP contribution in [0.5, 0.6) is 0 Å². The van der Waals surface area contributed by atoms with Crippen LogP contribution < -0.4 is 10.6 Å². The number of rotatable bonds is 4. The maximum Gasteiger partial charge on any atom is 0.251 e. The second-order valence-corrected chi connectivity index (χ2v) is 5.67. The van der Waals surface area contributed by atoms with Gasteiger partial charge < -0.3 is 10.6 Å². The predicted octanol–water partition coefficient (Wildman–Crippen LogP) is 1.39. The Kier molecular flexibility index (Phi) is 5.36. The number of amides is 1. The Morgan fingerprint density at radius 3 is 2.84 bits per heavy atom. The molecular weight excluding hydrogens is 306 g/mol. The maximum absolute atomic E-state index is 12.0. The first kappa shape index (κ1) is 14.5. The van der Waals surface area contributed by atoms with Gasteiger partial charge in [0.2, 0.25) is 0 Å². The number of hydrogen-bond donors (Lipinski definition) is 2. The summed E-state index contributed by atoms with van der Waals surface area (Å²) in [6, 6.07) is 5.67. The molecule has 0 bridgehead atoms. The van der Waals surface area contributed by atoms with Crippen molar-refractivity contribution in [2.24, 2.45) is 0 Å². The summed E-state index contributed by atoms with van der Waals surface area (Å²) in [5.74, 6) is 0.00531. The van der Waals surface area contributed by atoms with Crippen LogP contribution in [0.1, 0.15) is 15.9 Å². The zero-order valence-corrected chi connectivity index (χ0v) is 12.8. The lowest BCUT2D eigenvalue weighted by Gasteiger charge is -2.27. The van der Waals surface area contributed by atoms with Crippen LogP contribution in [0.4, 0.5) is 0 Å². The highest BCUT2D eigenvalue weighted by atomic mass is 79.9. The number of nitrogens with zero attached hydrogens (tertiary/aromatic N) is 1. The first-order chi connectivity index (χ1) is 9.16.